The quantitative estimate of drug-likeness (QED) is 0.850. The van der Waals surface area contributed by atoms with Crippen LogP contribution in [-0.4, -0.2) is 12.6 Å². The van der Waals surface area contributed by atoms with Gasteiger partial charge in [0.2, 0.25) is 0 Å². The van der Waals surface area contributed by atoms with Crippen LogP contribution < -0.4 is 10.5 Å². The summed E-state index contributed by atoms with van der Waals surface area (Å²) in [4.78, 5) is 0. The average Bonchev–Trinajstić information content (AvgIpc) is 3.20. The van der Waals surface area contributed by atoms with Crippen LogP contribution in [0.25, 0.3) is 0 Å². The highest BCUT2D eigenvalue weighted by Crippen LogP contribution is 2.32. The number of benzene rings is 1. The lowest BCUT2D eigenvalue weighted by molar-refractivity contribution is 0.296. The Bertz CT molecular complexity index is 443. The Morgan fingerprint density at radius 2 is 2.00 bits per heavy atom. The summed E-state index contributed by atoms with van der Waals surface area (Å²) in [6, 6.07) is 6.84. The first-order valence-electron chi connectivity index (χ1n) is 7.92. The van der Waals surface area contributed by atoms with Crippen molar-refractivity contribution in [1.82, 2.24) is 0 Å². The van der Waals surface area contributed by atoms with E-state index < -0.39 is 0 Å². The second kappa shape index (κ2) is 6.17. The molecule has 20 heavy (non-hydrogen) atoms. The standard InChI is InChI=1S/C18H29NO/c1-5-16(19)11-14-10-15(18(2,3)4)8-9-17(14)20-12-13-6-7-13/h8-10,13,16H,5-7,11-12,19H2,1-4H3. The van der Waals surface area contributed by atoms with Crippen molar-refractivity contribution in [2.24, 2.45) is 11.7 Å². The van der Waals surface area contributed by atoms with Crippen LogP contribution in [-0.2, 0) is 11.8 Å². The molecule has 0 heterocycles. The molecule has 1 fully saturated rings. The molecule has 0 aromatic heterocycles. The van der Waals surface area contributed by atoms with Crippen molar-refractivity contribution in [1.29, 1.82) is 0 Å². The van der Waals surface area contributed by atoms with E-state index >= 15 is 0 Å². The second-order valence-electron chi connectivity index (χ2n) is 7.20. The van der Waals surface area contributed by atoms with Crippen LogP contribution in [0.15, 0.2) is 18.2 Å². The molecule has 2 heteroatoms. The monoisotopic (exact) mass is 275 g/mol. The highest BCUT2D eigenvalue weighted by molar-refractivity contribution is 5.40. The second-order valence-corrected chi connectivity index (χ2v) is 7.20. The van der Waals surface area contributed by atoms with E-state index in [9.17, 15) is 0 Å². The summed E-state index contributed by atoms with van der Waals surface area (Å²) in [6.07, 6.45) is 4.55. The summed E-state index contributed by atoms with van der Waals surface area (Å²) in [5.74, 6) is 1.82. The topological polar surface area (TPSA) is 35.2 Å². The third kappa shape index (κ3) is 4.24. The number of hydrogen-bond acceptors (Lipinski definition) is 2. The van der Waals surface area contributed by atoms with E-state index in [2.05, 4.69) is 45.9 Å². The molecule has 1 atom stereocenters. The summed E-state index contributed by atoms with van der Waals surface area (Å²) < 4.78 is 6.02. The largest absolute Gasteiger partial charge is 0.493 e. The van der Waals surface area contributed by atoms with E-state index in [1.165, 1.54) is 24.0 Å². The Kier molecular flexibility index (Phi) is 4.74. The molecule has 1 aromatic rings. The zero-order chi connectivity index (χ0) is 14.8. The lowest BCUT2D eigenvalue weighted by Gasteiger charge is -2.22. The first-order valence-corrected chi connectivity index (χ1v) is 7.92. The van der Waals surface area contributed by atoms with Crippen molar-refractivity contribution >= 4 is 0 Å². The van der Waals surface area contributed by atoms with Gasteiger partial charge in [-0.05, 0) is 54.2 Å². The van der Waals surface area contributed by atoms with E-state index in [1.807, 2.05) is 0 Å². The summed E-state index contributed by atoms with van der Waals surface area (Å²) in [7, 11) is 0. The van der Waals surface area contributed by atoms with Crippen molar-refractivity contribution in [3.05, 3.63) is 29.3 Å². The van der Waals surface area contributed by atoms with E-state index in [4.69, 9.17) is 10.5 Å². The highest BCUT2D eigenvalue weighted by atomic mass is 16.5. The first-order chi connectivity index (χ1) is 9.40. The minimum absolute atomic E-state index is 0.167. The van der Waals surface area contributed by atoms with Crippen LogP contribution in [0.5, 0.6) is 5.75 Å². The average molecular weight is 275 g/mol. The number of hydrogen-bond donors (Lipinski definition) is 1. The number of ether oxygens (including phenoxy) is 1. The third-order valence-corrected chi connectivity index (χ3v) is 4.10. The zero-order valence-electron chi connectivity index (χ0n) is 13.4. The molecule has 2 nitrogen and oxygen atoms in total. The van der Waals surface area contributed by atoms with Gasteiger partial charge in [-0.3, -0.25) is 0 Å². The molecule has 112 valence electrons. The fraction of sp³-hybridized carbons (Fsp3) is 0.667. The molecular formula is C18H29NO. The maximum Gasteiger partial charge on any atom is 0.122 e. The van der Waals surface area contributed by atoms with E-state index in [1.54, 1.807) is 0 Å². The normalized spacial score (nSPS) is 17.1. The predicted molar refractivity (Wildman–Crippen MR) is 85.3 cm³/mol. The molecular weight excluding hydrogens is 246 g/mol. The number of nitrogens with two attached hydrogens (primary N) is 1. The van der Waals surface area contributed by atoms with Gasteiger partial charge in [-0.2, -0.15) is 0 Å². The molecule has 0 bridgehead atoms. The number of rotatable bonds is 6. The van der Waals surface area contributed by atoms with Crippen molar-refractivity contribution in [3.8, 4) is 5.75 Å². The van der Waals surface area contributed by atoms with Crippen LogP contribution in [0.3, 0.4) is 0 Å². The Morgan fingerprint density at radius 3 is 2.55 bits per heavy atom. The van der Waals surface area contributed by atoms with Gasteiger partial charge in [-0.15, -0.1) is 0 Å². The Balaban J connectivity index is 2.19. The molecule has 2 rings (SSSR count). The summed E-state index contributed by atoms with van der Waals surface area (Å²) >= 11 is 0. The van der Waals surface area contributed by atoms with E-state index in [0.717, 1.165) is 31.1 Å². The van der Waals surface area contributed by atoms with Gasteiger partial charge in [0.15, 0.2) is 0 Å². The fourth-order valence-electron chi connectivity index (χ4n) is 2.27. The molecule has 2 N–H and O–H groups in total. The van der Waals surface area contributed by atoms with Gasteiger partial charge < -0.3 is 10.5 Å². The molecule has 1 aliphatic rings. The molecule has 1 aliphatic carbocycles. The molecule has 0 spiro atoms. The van der Waals surface area contributed by atoms with Crippen LogP contribution in [0.4, 0.5) is 0 Å². The Morgan fingerprint density at radius 1 is 1.30 bits per heavy atom. The van der Waals surface area contributed by atoms with Gasteiger partial charge in [0.1, 0.15) is 5.75 Å². The van der Waals surface area contributed by atoms with Crippen LogP contribution in [0, 0.1) is 5.92 Å². The lowest BCUT2D eigenvalue weighted by Crippen LogP contribution is -2.22. The molecule has 0 aliphatic heterocycles. The van der Waals surface area contributed by atoms with Gasteiger partial charge in [0.05, 0.1) is 6.61 Å². The van der Waals surface area contributed by atoms with Gasteiger partial charge in [0, 0.05) is 6.04 Å². The summed E-state index contributed by atoms with van der Waals surface area (Å²) in [5.41, 5.74) is 8.94. The van der Waals surface area contributed by atoms with E-state index in [-0.39, 0.29) is 11.5 Å². The Labute approximate surface area is 123 Å². The van der Waals surface area contributed by atoms with Crippen LogP contribution in [0.2, 0.25) is 0 Å². The maximum atomic E-state index is 6.15. The minimum Gasteiger partial charge on any atom is -0.493 e. The lowest BCUT2D eigenvalue weighted by atomic mass is 9.85. The van der Waals surface area contributed by atoms with Gasteiger partial charge in [-0.25, -0.2) is 0 Å². The zero-order valence-corrected chi connectivity index (χ0v) is 13.4. The molecule has 1 unspecified atom stereocenters. The highest BCUT2D eigenvalue weighted by Gasteiger charge is 2.23. The van der Waals surface area contributed by atoms with Gasteiger partial charge in [0.25, 0.3) is 0 Å². The van der Waals surface area contributed by atoms with Crippen LogP contribution in [0.1, 0.15) is 58.1 Å². The van der Waals surface area contributed by atoms with Crippen LogP contribution >= 0.6 is 0 Å². The predicted octanol–water partition coefficient (Wildman–Crippen LogP) is 4.05. The SMILES string of the molecule is CCC(N)Cc1cc(C(C)(C)C)ccc1OCC1CC1. The third-order valence-electron chi connectivity index (χ3n) is 4.10. The molecule has 1 saturated carbocycles. The van der Waals surface area contributed by atoms with Gasteiger partial charge in [-0.1, -0.05) is 39.8 Å². The molecule has 0 radical (unpaired) electrons. The van der Waals surface area contributed by atoms with Crippen molar-refractivity contribution < 1.29 is 4.74 Å². The van der Waals surface area contributed by atoms with Crippen molar-refractivity contribution in [2.75, 3.05) is 6.61 Å². The first kappa shape index (κ1) is 15.4. The minimum atomic E-state index is 0.167. The Hall–Kier alpha value is -1.02. The summed E-state index contributed by atoms with van der Waals surface area (Å²) in [5, 5.41) is 0. The van der Waals surface area contributed by atoms with Crippen molar-refractivity contribution in [3.63, 3.8) is 0 Å². The van der Waals surface area contributed by atoms with E-state index in [0.29, 0.717) is 0 Å². The molecule has 1 aromatic carbocycles. The smallest absolute Gasteiger partial charge is 0.122 e. The van der Waals surface area contributed by atoms with Crippen molar-refractivity contribution in [2.45, 2.75) is 64.8 Å². The fourth-order valence-corrected chi connectivity index (χ4v) is 2.27. The maximum absolute atomic E-state index is 6.15. The van der Waals surface area contributed by atoms with Gasteiger partial charge >= 0.3 is 0 Å². The molecule has 0 saturated heterocycles. The summed E-state index contributed by atoms with van der Waals surface area (Å²) in [6.45, 7) is 9.75. The molecule has 0 amide bonds.